The molecular formula is C36H63N2NaO23Si. The second kappa shape index (κ2) is 23.7. The van der Waals surface area contributed by atoms with E-state index in [1.807, 2.05) is 0 Å². The van der Waals surface area contributed by atoms with Crippen molar-refractivity contribution in [2.75, 3.05) is 26.4 Å². The van der Waals surface area contributed by atoms with Crippen LogP contribution in [-0.4, -0.2) is 242 Å². The van der Waals surface area contributed by atoms with Crippen LogP contribution in [0.15, 0.2) is 4.99 Å². The number of amides is 1. The Morgan fingerprint density at radius 1 is 0.841 bits per heavy atom. The van der Waals surface area contributed by atoms with Gasteiger partial charge in [-0.05, 0) is 25.8 Å². The fraction of sp³-hybridized carbons (Fsp3) is 0.917. The maximum atomic E-state index is 13.0. The zero-order chi connectivity index (χ0) is 46.6. The Bertz CT molecular complexity index is 1500. The number of nitrogens with one attached hydrogen (secondary N) is 1. The fourth-order valence-corrected chi connectivity index (χ4v) is 8.26. The molecule has 4 aliphatic heterocycles. The Morgan fingerprint density at radius 2 is 1.43 bits per heavy atom. The normalized spacial score (nSPS) is 42.5. The Kier molecular flexibility index (Phi) is 21.2. The van der Waals surface area contributed by atoms with E-state index >= 15 is 0 Å². The Balaban J connectivity index is 0.0000106. The van der Waals surface area contributed by atoms with E-state index < -0.39 is 180 Å². The van der Waals surface area contributed by atoms with Crippen LogP contribution in [0.1, 0.15) is 27.2 Å². The summed E-state index contributed by atoms with van der Waals surface area (Å²) in [6.07, 6.45) is -34.2. The largest absolute Gasteiger partial charge is 1.00 e. The van der Waals surface area contributed by atoms with Crippen LogP contribution in [0.5, 0.6) is 0 Å². The van der Waals surface area contributed by atoms with Gasteiger partial charge in [-0.25, -0.2) is 4.79 Å². The van der Waals surface area contributed by atoms with Crippen molar-refractivity contribution >= 4 is 25.8 Å². The monoisotopic (exact) mass is 942 g/mol. The van der Waals surface area contributed by atoms with Crippen LogP contribution in [0.25, 0.3) is 0 Å². The summed E-state index contributed by atoms with van der Waals surface area (Å²) in [5.41, 5.74) is 0. The molecule has 4 aliphatic rings. The quantitative estimate of drug-likeness (QED) is 0.0345. The van der Waals surface area contributed by atoms with Crippen LogP contribution in [0.4, 0.5) is 0 Å². The minimum Gasteiger partial charge on any atom is -0.862 e. The molecule has 0 bridgehead atoms. The molecule has 0 spiro atoms. The number of aliphatic imine (C=N–C) groups is 1. The summed E-state index contributed by atoms with van der Waals surface area (Å²) in [7, 11) is -1.72. The third kappa shape index (κ3) is 13.5. The molecule has 0 aromatic heterocycles. The molecule has 27 heteroatoms. The van der Waals surface area contributed by atoms with Gasteiger partial charge in [0.2, 0.25) is 5.91 Å². The van der Waals surface area contributed by atoms with Crippen molar-refractivity contribution in [3.05, 3.63) is 0 Å². The summed E-state index contributed by atoms with van der Waals surface area (Å²) in [4.78, 5) is 29.3. The smallest absolute Gasteiger partial charge is 0.862 e. The van der Waals surface area contributed by atoms with Gasteiger partial charge in [0, 0.05) is 28.0 Å². The van der Waals surface area contributed by atoms with Gasteiger partial charge in [0.1, 0.15) is 91.4 Å². The average molecular weight is 943 g/mol. The van der Waals surface area contributed by atoms with Crippen molar-refractivity contribution in [3.8, 4) is 0 Å². The van der Waals surface area contributed by atoms with Gasteiger partial charge in [-0.15, -0.1) is 0 Å². The first-order valence-electron chi connectivity index (χ1n) is 20.1. The predicted octanol–water partition coefficient (Wildman–Crippen LogP) is -10.2. The molecule has 4 fully saturated rings. The van der Waals surface area contributed by atoms with Crippen LogP contribution in [-0.2, 0) is 47.5 Å². The molecular weight excluding hydrogens is 879 g/mol. The van der Waals surface area contributed by atoms with Gasteiger partial charge in [0.15, 0.2) is 18.9 Å². The van der Waals surface area contributed by atoms with E-state index in [-0.39, 0.29) is 36.2 Å². The van der Waals surface area contributed by atoms with Crippen LogP contribution in [0, 0.1) is 0 Å². The third-order valence-electron chi connectivity index (χ3n) is 11.0. The maximum Gasteiger partial charge on any atom is 1.00 e. The van der Waals surface area contributed by atoms with E-state index in [0.717, 1.165) is 13.8 Å². The van der Waals surface area contributed by atoms with Crippen molar-refractivity contribution in [3.63, 3.8) is 0 Å². The molecule has 4 rings (SSSR count). The number of carboxylic acids is 1. The first-order chi connectivity index (χ1) is 28.9. The molecule has 0 unspecified atom stereocenters. The molecule has 0 aromatic rings. The summed E-state index contributed by atoms with van der Waals surface area (Å²) in [6.45, 7) is 6.83. The van der Waals surface area contributed by atoms with Gasteiger partial charge in [0.05, 0.1) is 32.0 Å². The van der Waals surface area contributed by atoms with Crippen LogP contribution < -0.4 is 40.0 Å². The molecule has 4 heterocycles. The van der Waals surface area contributed by atoms with Gasteiger partial charge in [0.25, 0.3) is 5.79 Å². The van der Waals surface area contributed by atoms with Crippen molar-refractivity contribution in [1.82, 2.24) is 5.32 Å². The van der Waals surface area contributed by atoms with Gasteiger partial charge >= 0.3 is 35.5 Å². The molecule has 0 aromatic carbocycles. The minimum atomic E-state index is -3.13. The average Bonchev–Trinajstić information content (AvgIpc) is 3.19. The second-order valence-electron chi connectivity index (χ2n) is 17.1. The second-order valence-corrected chi connectivity index (χ2v) is 22.7. The number of carbonyl (C=O) groups is 2. The number of carboxylic acid groups (broad SMARTS) is 1. The molecule has 63 heavy (non-hydrogen) atoms. The molecule has 21 atom stereocenters. The molecule has 360 valence electrons. The summed E-state index contributed by atoms with van der Waals surface area (Å²) in [5, 5.41) is 143. The van der Waals surface area contributed by atoms with Gasteiger partial charge < -0.3 is 110 Å². The number of hydrogen-bond acceptors (Lipinski definition) is 23. The molecule has 13 N–H and O–H groups in total. The zero-order valence-electron chi connectivity index (χ0n) is 36.1. The van der Waals surface area contributed by atoms with E-state index in [1.165, 1.54) is 6.92 Å². The Morgan fingerprint density at radius 3 is 1.97 bits per heavy atom. The van der Waals surface area contributed by atoms with Crippen molar-refractivity contribution in [1.29, 1.82) is 0 Å². The van der Waals surface area contributed by atoms with Crippen LogP contribution >= 0.6 is 0 Å². The fourth-order valence-electron chi connectivity index (χ4n) is 7.53. The third-order valence-corrected chi connectivity index (χ3v) is 12.7. The minimum absolute atomic E-state index is 0. The summed E-state index contributed by atoms with van der Waals surface area (Å²) in [6, 6.07) is -2.49. The Labute approximate surface area is 385 Å². The standard InChI is InChI=1S/C36H64N2O23Si.Na/c1-13-22(46)25(49)26(50)33(55-13)59-30-21(38-15(3)43)32(54-7-8-62(4,5)6)57-19(12-41)28(30)58-34-27(51)31(24(48)18(11-40)56-34)61-36(35(52)53)9-16(44)20(37-14(2)42)29(60-36)23(47)17(45)10-39;/h13,16-34,39-41,44-51H,7-12H2,1-6H3,(H,37,42)(H,38,43)(H,52,53);/q;+1/p-1/t13-,16-,17+,18+,19+,20+,21+,22+,23+,24-,25+,26-,27+,28+,29+,30+,31-,32+,33-,34-,36-;/m0./s1. The molecule has 4 saturated heterocycles. The van der Waals surface area contributed by atoms with Gasteiger partial charge in [-0.3, -0.25) is 9.79 Å². The van der Waals surface area contributed by atoms with Crippen LogP contribution in [0.3, 0.4) is 0 Å². The summed E-state index contributed by atoms with van der Waals surface area (Å²) < 4.78 is 47.3. The summed E-state index contributed by atoms with van der Waals surface area (Å²) in [5.74, 6) is -6.70. The van der Waals surface area contributed by atoms with Gasteiger partial charge in [-0.2, -0.15) is 0 Å². The van der Waals surface area contributed by atoms with Crippen LogP contribution in [0.2, 0.25) is 25.7 Å². The van der Waals surface area contributed by atoms with Crippen molar-refractivity contribution in [2.24, 2.45) is 4.99 Å². The predicted molar refractivity (Wildman–Crippen MR) is 204 cm³/mol. The number of ether oxygens (including phenoxy) is 8. The van der Waals surface area contributed by atoms with E-state index in [0.29, 0.717) is 6.04 Å². The molecule has 0 radical (unpaired) electrons. The zero-order valence-corrected chi connectivity index (χ0v) is 39.1. The number of rotatable bonds is 18. The molecule has 25 nitrogen and oxygen atoms in total. The van der Waals surface area contributed by atoms with E-state index in [1.54, 1.807) is 0 Å². The van der Waals surface area contributed by atoms with E-state index in [2.05, 4.69) is 30.0 Å². The maximum absolute atomic E-state index is 13.0. The van der Waals surface area contributed by atoms with Gasteiger partial charge in [-0.1, -0.05) is 19.6 Å². The topological polar surface area (TPSA) is 398 Å². The van der Waals surface area contributed by atoms with E-state index in [9.17, 15) is 76.0 Å². The Hall–Kier alpha value is -1.13. The number of carbonyl (C=O) groups excluding carboxylic acids is 1. The number of aliphatic carboxylic acids is 1. The van der Waals surface area contributed by atoms with Crippen molar-refractivity contribution < 1.29 is 143 Å². The number of nitrogens with zero attached hydrogens (tertiary/aromatic N) is 1. The van der Waals surface area contributed by atoms with E-state index in [4.69, 9.17) is 37.9 Å². The number of aliphatic hydroxyl groups excluding tert-OH is 11. The summed E-state index contributed by atoms with van der Waals surface area (Å²) >= 11 is 0. The number of aliphatic hydroxyl groups is 11. The SMILES string of the molecule is CC(=O)N[C@H]1[C@H](OCC[Si](C)(C)C)O[C@H](CO)[C@@H](O[C@@H]2O[C@H](CO)[C@H](O)[C@H](O[C@]3(C(=O)O)C[C@H](O)[C@@H](N=C(C)[O-])[C@H]([C@H](O)[C@H](O)CO)O3)[C@H]2O)[C@@H]1O[C@@H]1O[C@@H](C)[C@@H](O)[C@@H](O)[C@@H]1O.[Na+]. The first-order valence-corrected chi connectivity index (χ1v) is 23.8. The number of hydrogen-bond donors (Lipinski definition) is 13. The molecule has 0 aliphatic carbocycles. The molecule has 0 saturated carbocycles. The first kappa shape index (κ1) is 56.2. The molecule has 1 amide bonds. The van der Waals surface area contributed by atoms with Crippen molar-refractivity contribution in [2.45, 2.75) is 181 Å².